The third-order valence-electron chi connectivity index (χ3n) is 2.81. The molecule has 1 heterocycles. The molecule has 0 radical (unpaired) electrons. The third-order valence-corrected chi connectivity index (χ3v) is 2.81. The summed E-state index contributed by atoms with van der Waals surface area (Å²) in [6.45, 7) is 0.215. The molecule has 23 heavy (non-hydrogen) atoms. The number of carboxylic acid groups (broad SMARTS) is 1. The highest BCUT2D eigenvalue weighted by Gasteiger charge is 2.12. The molecule has 2 rings (SSSR count). The Morgan fingerprint density at radius 3 is 2.57 bits per heavy atom. The van der Waals surface area contributed by atoms with Crippen LogP contribution in [0.15, 0.2) is 59.2 Å². The van der Waals surface area contributed by atoms with Gasteiger partial charge in [-0.05, 0) is 24.3 Å². The monoisotopic (exact) mass is 314 g/mol. The van der Waals surface area contributed by atoms with Gasteiger partial charge < -0.3 is 20.2 Å². The lowest BCUT2D eigenvalue weighted by Gasteiger charge is -2.09. The van der Waals surface area contributed by atoms with Gasteiger partial charge in [0.05, 0.1) is 24.1 Å². The zero-order chi connectivity index (χ0) is 16.7. The van der Waals surface area contributed by atoms with Crippen molar-refractivity contribution in [3.8, 4) is 0 Å². The van der Waals surface area contributed by atoms with E-state index in [-0.39, 0.29) is 23.7 Å². The van der Waals surface area contributed by atoms with Crippen LogP contribution in [-0.2, 0) is 16.1 Å². The highest BCUT2D eigenvalue weighted by atomic mass is 16.4. The summed E-state index contributed by atoms with van der Waals surface area (Å²) < 4.78 is 5.12. The molecule has 0 fully saturated rings. The maximum absolute atomic E-state index is 12.2. The van der Waals surface area contributed by atoms with E-state index >= 15 is 0 Å². The van der Waals surface area contributed by atoms with Crippen molar-refractivity contribution in [2.24, 2.45) is 0 Å². The van der Waals surface area contributed by atoms with Gasteiger partial charge in [-0.15, -0.1) is 0 Å². The molecule has 7 nitrogen and oxygen atoms in total. The number of aliphatic carboxylic acids is 1. The number of benzene rings is 1. The first-order chi connectivity index (χ1) is 11.1. The number of carbonyl (C=O) groups excluding carboxylic acids is 2. The van der Waals surface area contributed by atoms with Crippen molar-refractivity contribution in [2.45, 2.75) is 6.54 Å². The first kappa shape index (κ1) is 16.0. The Hall–Kier alpha value is -3.35. The zero-order valence-electron chi connectivity index (χ0n) is 12.0. The zero-order valence-corrected chi connectivity index (χ0v) is 12.0. The number of nitrogens with one attached hydrogen (secondary N) is 2. The fourth-order valence-corrected chi connectivity index (χ4v) is 1.79. The first-order valence-corrected chi connectivity index (χ1v) is 6.68. The van der Waals surface area contributed by atoms with Gasteiger partial charge in [-0.1, -0.05) is 12.1 Å². The van der Waals surface area contributed by atoms with Gasteiger partial charge in [0, 0.05) is 12.2 Å². The molecule has 0 aliphatic carbocycles. The van der Waals surface area contributed by atoms with Gasteiger partial charge in [0.1, 0.15) is 5.76 Å². The highest BCUT2D eigenvalue weighted by Crippen LogP contribution is 2.15. The number of hydrogen-bond acceptors (Lipinski definition) is 4. The average molecular weight is 314 g/mol. The molecule has 0 saturated carbocycles. The number of furan rings is 1. The van der Waals surface area contributed by atoms with E-state index in [0.717, 1.165) is 12.2 Å². The van der Waals surface area contributed by atoms with Crippen LogP contribution >= 0.6 is 0 Å². The molecule has 0 aliphatic heterocycles. The average Bonchev–Trinajstić information content (AvgIpc) is 3.04. The Bertz CT molecular complexity index is 735. The summed E-state index contributed by atoms with van der Waals surface area (Å²) in [6.07, 6.45) is 3.10. The van der Waals surface area contributed by atoms with Crippen LogP contribution in [0.5, 0.6) is 0 Å². The van der Waals surface area contributed by atoms with Crippen molar-refractivity contribution in [3.05, 3.63) is 66.1 Å². The number of carbonyl (C=O) groups is 3. The smallest absolute Gasteiger partial charge is 0.328 e. The van der Waals surface area contributed by atoms with E-state index in [1.165, 1.54) is 6.26 Å². The SMILES string of the molecule is O=C(O)/C=C/C(=O)Nc1ccccc1C(=O)NCc1ccco1. The van der Waals surface area contributed by atoms with Crippen LogP contribution in [-0.4, -0.2) is 22.9 Å². The second kappa shape index (κ2) is 7.60. The standard InChI is InChI=1S/C16H14N2O5/c19-14(7-8-15(20)21)18-13-6-2-1-5-12(13)16(22)17-10-11-4-3-9-23-11/h1-9H,10H2,(H,17,22)(H,18,19)(H,20,21)/b8-7+. The lowest BCUT2D eigenvalue weighted by molar-refractivity contribution is -0.131. The number of amides is 2. The van der Waals surface area contributed by atoms with E-state index in [1.54, 1.807) is 36.4 Å². The number of rotatable bonds is 6. The molecule has 0 atom stereocenters. The Balaban J connectivity index is 2.05. The van der Waals surface area contributed by atoms with Gasteiger partial charge >= 0.3 is 5.97 Å². The number of carboxylic acids is 1. The van der Waals surface area contributed by atoms with Crippen LogP contribution in [0.3, 0.4) is 0 Å². The molecule has 2 aromatic rings. The maximum atomic E-state index is 12.2. The largest absolute Gasteiger partial charge is 0.478 e. The van der Waals surface area contributed by atoms with Crippen molar-refractivity contribution in [1.82, 2.24) is 5.32 Å². The van der Waals surface area contributed by atoms with E-state index < -0.39 is 11.9 Å². The van der Waals surface area contributed by atoms with Gasteiger partial charge in [0.25, 0.3) is 5.91 Å². The molecule has 118 valence electrons. The summed E-state index contributed by atoms with van der Waals surface area (Å²) in [7, 11) is 0. The summed E-state index contributed by atoms with van der Waals surface area (Å²) in [5, 5.41) is 13.6. The highest BCUT2D eigenvalue weighted by molar-refractivity contribution is 6.07. The van der Waals surface area contributed by atoms with Crippen LogP contribution in [0.2, 0.25) is 0 Å². The van der Waals surface area contributed by atoms with Gasteiger partial charge in [-0.25, -0.2) is 4.79 Å². The predicted octanol–water partition coefficient (Wildman–Crippen LogP) is 1.79. The molecule has 1 aromatic heterocycles. The Morgan fingerprint density at radius 1 is 1.09 bits per heavy atom. The van der Waals surface area contributed by atoms with Crippen molar-refractivity contribution in [1.29, 1.82) is 0 Å². The van der Waals surface area contributed by atoms with Crippen LogP contribution < -0.4 is 10.6 Å². The fourth-order valence-electron chi connectivity index (χ4n) is 1.79. The minimum Gasteiger partial charge on any atom is -0.478 e. The van der Waals surface area contributed by atoms with Gasteiger partial charge in [0.2, 0.25) is 5.91 Å². The summed E-state index contributed by atoms with van der Waals surface area (Å²) in [5.41, 5.74) is 0.542. The number of para-hydroxylation sites is 1. The fraction of sp³-hybridized carbons (Fsp3) is 0.0625. The molecule has 1 aromatic carbocycles. The normalized spacial score (nSPS) is 10.4. The lowest BCUT2D eigenvalue weighted by Crippen LogP contribution is -2.24. The minimum atomic E-state index is -1.23. The molecular formula is C16H14N2O5. The molecule has 7 heteroatoms. The summed E-state index contributed by atoms with van der Waals surface area (Å²) in [6, 6.07) is 9.85. The van der Waals surface area contributed by atoms with Gasteiger partial charge in [-0.3, -0.25) is 9.59 Å². The molecule has 0 saturated heterocycles. The first-order valence-electron chi connectivity index (χ1n) is 6.68. The Kier molecular flexibility index (Phi) is 5.30. The van der Waals surface area contributed by atoms with Crippen molar-refractivity contribution in [2.75, 3.05) is 5.32 Å². The summed E-state index contributed by atoms with van der Waals surface area (Å²) >= 11 is 0. The molecule has 0 unspecified atom stereocenters. The van der Waals surface area contributed by atoms with Crippen molar-refractivity contribution < 1.29 is 23.9 Å². The van der Waals surface area contributed by atoms with Crippen molar-refractivity contribution in [3.63, 3.8) is 0 Å². The molecule has 3 N–H and O–H groups in total. The Labute approximate surface area is 131 Å². The van der Waals surface area contributed by atoms with Gasteiger partial charge in [-0.2, -0.15) is 0 Å². The molecule has 2 amide bonds. The topological polar surface area (TPSA) is 109 Å². The number of hydrogen-bond donors (Lipinski definition) is 3. The van der Waals surface area contributed by atoms with Crippen molar-refractivity contribution >= 4 is 23.5 Å². The predicted molar refractivity (Wildman–Crippen MR) is 81.7 cm³/mol. The molecule has 0 aliphatic rings. The summed E-state index contributed by atoms with van der Waals surface area (Å²) in [5.74, 6) is -1.66. The van der Waals surface area contributed by atoms with E-state index in [2.05, 4.69) is 10.6 Å². The van der Waals surface area contributed by atoms with Crippen LogP contribution in [0.1, 0.15) is 16.1 Å². The second-order valence-corrected chi connectivity index (χ2v) is 4.47. The molecule has 0 bridgehead atoms. The van der Waals surface area contributed by atoms with Crippen LogP contribution in [0, 0.1) is 0 Å². The lowest BCUT2D eigenvalue weighted by atomic mass is 10.1. The molecular weight excluding hydrogens is 300 g/mol. The quantitative estimate of drug-likeness (QED) is 0.704. The van der Waals surface area contributed by atoms with Crippen LogP contribution in [0.4, 0.5) is 5.69 Å². The van der Waals surface area contributed by atoms with E-state index in [0.29, 0.717) is 5.76 Å². The van der Waals surface area contributed by atoms with E-state index in [1.807, 2.05) is 0 Å². The second-order valence-electron chi connectivity index (χ2n) is 4.47. The van der Waals surface area contributed by atoms with E-state index in [9.17, 15) is 14.4 Å². The maximum Gasteiger partial charge on any atom is 0.328 e. The third kappa shape index (κ3) is 4.85. The minimum absolute atomic E-state index is 0.215. The number of anilines is 1. The van der Waals surface area contributed by atoms with Gasteiger partial charge in [0.15, 0.2) is 0 Å². The molecule has 0 spiro atoms. The van der Waals surface area contributed by atoms with E-state index in [4.69, 9.17) is 9.52 Å². The summed E-state index contributed by atoms with van der Waals surface area (Å²) in [4.78, 5) is 34.2. The Morgan fingerprint density at radius 2 is 1.87 bits per heavy atom. The van der Waals surface area contributed by atoms with Crippen LogP contribution in [0.25, 0.3) is 0 Å².